The predicted octanol–water partition coefficient (Wildman–Crippen LogP) is 3.38. The van der Waals surface area contributed by atoms with Crippen molar-refractivity contribution in [3.05, 3.63) is 29.8 Å². The molecule has 1 aromatic rings. The van der Waals surface area contributed by atoms with Gasteiger partial charge in [0.05, 0.1) is 12.5 Å². The number of halogens is 1. The summed E-state index contributed by atoms with van der Waals surface area (Å²) < 4.78 is 5.64. The van der Waals surface area contributed by atoms with E-state index >= 15 is 0 Å². The van der Waals surface area contributed by atoms with Crippen molar-refractivity contribution in [2.24, 2.45) is 0 Å². The number of ether oxygens (including phenoxy) is 1. The van der Waals surface area contributed by atoms with Crippen LogP contribution in [0.2, 0.25) is 0 Å². The maximum absolute atomic E-state index is 12.7. The van der Waals surface area contributed by atoms with Crippen LogP contribution in [-0.2, 0) is 4.79 Å². The van der Waals surface area contributed by atoms with Crippen LogP contribution >= 0.6 is 15.9 Å². The summed E-state index contributed by atoms with van der Waals surface area (Å²) in [6.07, 6.45) is 5.33. The first-order chi connectivity index (χ1) is 9.74. The van der Waals surface area contributed by atoms with Gasteiger partial charge in [-0.25, -0.2) is 0 Å². The molecule has 1 aliphatic carbocycles. The van der Waals surface area contributed by atoms with E-state index in [2.05, 4.69) is 21.2 Å². The zero-order chi connectivity index (χ0) is 14.0. The fraction of sp³-hybridized carbons (Fsp3) is 0.562. The zero-order valence-corrected chi connectivity index (χ0v) is 13.1. The summed E-state index contributed by atoms with van der Waals surface area (Å²) in [5, 5.41) is 4.16. The van der Waals surface area contributed by atoms with Crippen LogP contribution in [0.4, 0.5) is 0 Å². The minimum absolute atomic E-state index is 0.0374. The van der Waals surface area contributed by atoms with Gasteiger partial charge >= 0.3 is 0 Å². The van der Waals surface area contributed by atoms with E-state index in [4.69, 9.17) is 4.74 Å². The highest BCUT2D eigenvalue weighted by Crippen LogP contribution is 2.36. The summed E-state index contributed by atoms with van der Waals surface area (Å²) in [5.41, 5.74) is 0.989. The van der Waals surface area contributed by atoms with Gasteiger partial charge in [-0.3, -0.25) is 4.79 Å². The molecule has 0 saturated heterocycles. The highest BCUT2D eigenvalue weighted by molar-refractivity contribution is 9.09. The smallest absolute Gasteiger partial charge is 0.228 e. The van der Waals surface area contributed by atoms with Gasteiger partial charge < -0.3 is 10.1 Å². The molecule has 0 bridgehead atoms. The van der Waals surface area contributed by atoms with Gasteiger partial charge in [-0.05, 0) is 25.3 Å². The van der Waals surface area contributed by atoms with Crippen LogP contribution in [0.5, 0.6) is 5.75 Å². The average Bonchev–Trinajstić information content (AvgIpc) is 2.95. The van der Waals surface area contributed by atoms with E-state index in [0.717, 1.165) is 35.9 Å². The van der Waals surface area contributed by atoms with E-state index in [0.29, 0.717) is 6.61 Å². The zero-order valence-electron chi connectivity index (χ0n) is 11.5. The molecule has 4 heteroatoms. The van der Waals surface area contributed by atoms with E-state index in [1.165, 1.54) is 12.8 Å². The number of amides is 1. The number of hydrogen-bond donors (Lipinski definition) is 1. The second kappa shape index (κ2) is 5.76. The molecule has 0 spiro atoms. The van der Waals surface area contributed by atoms with Gasteiger partial charge in [0.15, 0.2) is 0 Å². The van der Waals surface area contributed by atoms with Crippen LogP contribution in [0.1, 0.15) is 43.6 Å². The van der Waals surface area contributed by atoms with Gasteiger partial charge in [-0.2, -0.15) is 0 Å². The quantitative estimate of drug-likeness (QED) is 0.858. The minimum Gasteiger partial charge on any atom is -0.493 e. The summed E-state index contributed by atoms with van der Waals surface area (Å²) in [5.74, 6) is 0.941. The van der Waals surface area contributed by atoms with Crippen molar-refractivity contribution in [1.29, 1.82) is 0 Å². The normalized spacial score (nSPS) is 23.8. The molecule has 3 nitrogen and oxygen atoms in total. The van der Waals surface area contributed by atoms with Gasteiger partial charge in [0, 0.05) is 16.4 Å². The van der Waals surface area contributed by atoms with Crippen LogP contribution in [0.15, 0.2) is 24.3 Å². The summed E-state index contributed by atoms with van der Waals surface area (Å²) in [6, 6.07) is 7.89. The Morgan fingerprint density at radius 1 is 1.35 bits per heavy atom. The number of rotatable bonds is 3. The molecular formula is C16H20BrNO2. The Labute approximate surface area is 128 Å². The van der Waals surface area contributed by atoms with Gasteiger partial charge in [0.2, 0.25) is 5.91 Å². The van der Waals surface area contributed by atoms with Crippen molar-refractivity contribution < 1.29 is 9.53 Å². The molecule has 1 amide bonds. The number of nitrogens with one attached hydrogen (secondary N) is 1. The summed E-state index contributed by atoms with van der Waals surface area (Å²) in [6.45, 7) is 0.621. The van der Waals surface area contributed by atoms with Crippen molar-refractivity contribution in [3.8, 4) is 5.75 Å². The molecule has 2 aliphatic rings. The number of para-hydroxylation sites is 1. The SMILES string of the molecule is O=C(NC1(CBr)CCCC1)C1CCOc2ccccc21. The summed E-state index contributed by atoms with van der Waals surface area (Å²) in [4.78, 5) is 12.7. The topological polar surface area (TPSA) is 38.3 Å². The van der Waals surface area contributed by atoms with Gasteiger partial charge in [0.25, 0.3) is 0 Å². The van der Waals surface area contributed by atoms with Crippen LogP contribution in [-0.4, -0.2) is 23.4 Å². The Hall–Kier alpha value is -1.03. The molecule has 0 aromatic heterocycles. The maximum Gasteiger partial charge on any atom is 0.228 e. The van der Waals surface area contributed by atoms with E-state index in [-0.39, 0.29) is 17.4 Å². The fourth-order valence-electron chi connectivity index (χ4n) is 3.31. The Bertz CT molecular complexity index is 497. The van der Waals surface area contributed by atoms with Crippen molar-refractivity contribution in [3.63, 3.8) is 0 Å². The summed E-state index contributed by atoms with van der Waals surface area (Å²) in [7, 11) is 0. The van der Waals surface area contributed by atoms with Gasteiger partial charge in [-0.15, -0.1) is 0 Å². The number of carbonyl (C=O) groups excluding carboxylic acids is 1. The van der Waals surface area contributed by atoms with E-state index in [1.54, 1.807) is 0 Å². The van der Waals surface area contributed by atoms with E-state index in [9.17, 15) is 4.79 Å². The van der Waals surface area contributed by atoms with Crippen molar-refractivity contribution in [2.75, 3.05) is 11.9 Å². The summed E-state index contributed by atoms with van der Waals surface area (Å²) >= 11 is 3.58. The number of fused-ring (bicyclic) bond motifs is 1. The van der Waals surface area contributed by atoms with Gasteiger partial charge in [-0.1, -0.05) is 47.0 Å². The van der Waals surface area contributed by atoms with Crippen molar-refractivity contribution in [2.45, 2.75) is 43.6 Å². The molecule has 20 heavy (non-hydrogen) atoms. The lowest BCUT2D eigenvalue weighted by Crippen LogP contribution is -2.49. The molecule has 1 heterocycles. The molecule has 1 N–H and O–H groups in total. The highest BCUT2D eigenvalue weighted by atomic mass is 79.9. The second-order valence-electron chi connectivity index (χ2n) is 5.84. The molecule has 3 rings (SSSR count). The minimum atomic E-state index is -0.0727. The fourth-order valence-corrected chi connectivity index (χ4v) is 4.01. The monoisotopic (exact) mass is 337 g/mol. The second-order valence-corrected chi connectivity index (χ2v) is 6.40. The first kappa shape index (κ1) is 13.9. The number of benzene rings is 1. The standard InChI is InChI=1S/C16H20BrNO2/c17-11-16(8-3-4-9-16)18-15(19)13-7-10-20-14-6-2-1-5-12(13)14/h1-2,5-6,13H,3-4,7-11H2,(H,18,19). The molecule has 1 atom stereocenters. The first-order valence-electron chi connectivity index (χ1n) is 7.34. The predicted molar refractivity (Wildman–Crippen MR) is 82.4 cm³/mol. The van der Waals surface area contributed by atoms with Crippen LogP contribution in [0.25, 0.3) is 0 Å². The maximum atomic E-state index is 12.7. The average molecular weight is 338 g/mol. The van der Waals surface area contributed by atoms with E-state index < -0.39 is 0 Å². The first-order valence-corrected chi connectivity index (χ1v) is 8.46. The molecule has 1 fully saturated rings. The Morgan fingerprint density at radius 2 is 2.10 bits per heavy atom. The lowest BCUT2D eigenvalue weighted by Gasteiger charge is -2.32. The number of alkyl halides is 1. The molecule has 108 valence electrons. The molecule has 1 aromatic carbocycles. The lowest BCUT2D eigenvalue weighted by molar-refractivity contribution is -0.124. The van der Waals surface area contributed by atoms with Crippen molar-refractivity contribution in [1.82, 2.24) is 5.32 Å². The lowest BCUT2D eigenvalue weighted by atomic mass is 9.90. The van der Waals surface area contributed by atoms with Crippen LogP contribution < -0.4 is 10.1 Å². The third kappa shape index (κ3) is 2.58. The molecule has 1 unspecified atom stereocenters. The van der Waals surface area contributed by atoms with Crippen molar-refractivity contribution >= 4 is 21.8 Å². The molecule has 0 radical (unpaired) electrons. The largest absolute Gasteiger partial charge is 0.493 e. The third-order valence-electron chi connectivity index (χ3n) is 4.48. The highest BCUT2D eigenvalue weighted by Gasteiger charge is 2.37. The Morgan fingerprint density at radius 3 is 2.85 bits per heavy atom. The van der Waals surface area contributed by atoms with Gasteiger partial charge in [0.1, 0.15) is 5.75 Å². The molecular weight excluding hydrogens is 318 g/mol. The molecule has 1 aliphatic heterocycles. The van der Waals surface area contributed by atoms with Crippen LogP contribution in [0.3, 0.4) is 0 Å². The Kier molecular flexibility index (Phi) is 4.01. The van der Waals surface area contributed by atoms with E-state index in [1.807, 2.05) is 24.3 Å². The Balaban J connectivity index is 1.78. The van der Waals surface area contributed by atoms with Crippen LogP contribution in [0, 0.1) is 0 Å². The molecule has 1 saturated carbocycles. The third-order valence-corrected chi connectivity index (χ3v) is 5.55. The number of carbonyl (C=O) groups is 1. The number of hydrogen-bond acceptors (Lipinski definition) is 2.